The van der Waals surface area contributed by atoms with Crippen LogP contribution in [-0.4, -0.2) is 21.7 Å². The fourth-order valence-corrected chi connectivity index (χ4v) is 2.38. The Morgan fingerprint density at radius 1 is 1.18 bits per heavy atom. The lowest BCUT2D eigenvalue weighted by Gasteiger charge is -2.19. The lowest BCUT2D eigenvalue weighted by atomic mass is 10.2. The number of amides is 1. The molecule has 0 radical (unpaired) electrons. The quantitative estimate of drug-likeness (QED) is 0.700. The molecule has 0 aliphatic heterocycles. The molecule has 3 rings (SSSR count). The van der Waals surface area contributed by atoms with Gasteiger partial charge in [-0.3, -0.25) is 5.32 Å². The molecule has 3 aromatic rings. The highest BCUT2D eigenvalue weighted by atomic mass is 16.6. The molecule has 0 aliphatic carbocycles. The van der Waals surface area contributed by atoms with Gasteiger partial charge >= 0.3 is 6.09 Å². The first-order chi connectivity index (χ1) is 10.3. The molecule has 5 heteroatoms. The van der Waals surface area contributed by atoms with Crippen LogP contribution in [-0.2, 0) is 4.74 Å². The summed E-state index contributed by atoms with van der Waals surface area (Å²) < 4.78 is 5.26. The molecule has 0 saturated carbocycles. The van der Waals surface area contributed by atoms with Crippen molar-refractivity contribution in [3.05, 3.63) is 36.0 Å². The predicted octanol–water partition coefficient (Wildman–Crippen LogP) is 4.37. The third kappa shape index (κ3) is 2.88. The van der Waals surface area contributed by atoms with Crippen LogP contribution in [0.1, 0.15) is 26.5 Å². The van der Waals surface area contributed by atoms with Gasteiger partial charge in [0.25, 0.3) is 0 Å². The molecule has 2 heterocycles. The fraction of sp³-hybridized carbons (Fsp3) is 0.294. The highest BCUT2D eigenvalue weighted by Crippen LogP contribution is 2.27. The standard InChI is InChI=1S/C17H19N3O2/c1-10-5-7-13-12-8-6-11(9-14(12)20-15(13)18-10)19-16(21)22-17(2,3)4/h5-9H,1-4H3,(H,18,20)(H,19,21). The first kappa shape index (κ1) is 14.4. The van der Waals surface area contributed by atoms with E-state index in [0.29, 0.717) is 5.69 Å². The van der Waals surface area contributed by atoms with E-state index in [1.165, 1.54) is 0 Å². The Morgan fingerprint density at radius 2 is 1.91 bits per heavy atom. The van der Waals surface area contributed by atoms with E-state index in [4.69, 9.17) is 4.74 Å². The van der Waals surface area contributed by atoms with E-state index >= 15 is 0 Å². The molecule has 0 unspecified atom stereocenters. The minimum atomic E-state index is -0.517. The molecule has 0 saturated heterocycles. The van der Waals surface area contributed by atoms with Crippen LogP contribution >= 0.6 is 0 Å². The van der Waals surface area contributed by atoms with Crippen LogP contribution in [0.2, 0.25) is 0 Å². The molecule has 5 nitrogen and oxygen atoms in total. The van der Waals surface area contributed by atoms with Gasteiger partial charge in [0.1, 0.15) is 11.2 Å². The summed E-state index contributed by atoms with van der Waals surface area (Å²) in [7, 11) is 0. The normalized spacial score (nSPS) is 11.8. The van der Waals surface area contributed by atoms with Crippen LogP contribution in [0.15, 0.2) is 30.3 Å². The van der Waals surface area contributed by atoms with E-state index in [1.807, 2.05) is 52.0 Å². The maximum absolute atomic E-state index is 11.8. The minimum Gasteiger partial charge on any atom is -0.444 e. The lowest BCUT2D eigenvalue weighted by Crippen LogP contribution is -2.27. The number of pyridine rings is 1. The zero-order chi connectivity index (χ0) is 15.9. The Morgan fingerprint density at radius 3 is 2.64 bits per heavy atom. The highest BCUT2D eigenvalue weighted by molar-refractivity contribution is 6.07. The molecule has 2 aromatic heterocycles. The monoisotopic (exact) mass is 297 g/mol. The van der Waals surface area contributed by atoms with E-state index < -0.39 is 11.7 Å². The average Bonchev–Trinajstić information content (AvgIpc) is 2.72. The van der Waals surface area contributed by atoms with E-state index in [2.05, 4.69) is 21.4 Å². The molecule has 0 spiro atoms. The Hall–Kier alpha value is -2.56. The fourth-order valence-electron chi connectivity index (χ4n) is 2.38. The van der Waals surface area contributed by atoms with Gasteiger partial charge in [-0.2, -0.15) is 0 Å². The summed E-state index contributed by atoms with van der Waals surface area (Å²) in [6.45, 7) is 7.46. The first-order valence-corrected chi connectivity index (χ1v) is 7.21. The molecule has 1 aromatic carbocycles. The van der Waals surface area contributed by atoms with Gasteiger partial charge in [-0.15, -0.1) is 0 Å². The number of aromatic amines is 1. The van der Waals surface area contributed by atoms with Crippen molar-refractivity contribution in [2.45, 2.75) is 33.3 Å². The predicted molar refractivity (Wildman–Crippen MR) is 88.2 cm³/mol. The van der Waals surface area contributed by atoms with Crippen molar-refractivity contribution in [3.63, 3.8) is 0 Å². The number of hydrogen-bond acceptors (Lipinski definition) is 3. The number of hydrogen-bond donors (Lipinski definition) is 2. The first-order valence-electron chi connectivity index (χ1n) is 7.21. The van der Waals surface area contributed by atoms with Crippen molar-refractivity contribution in [3.8, 4) is 0 Å². The van der Waals surface area contributed by atoms with Gasteiger partial charge in [0.05, 0.1) is 0 Å². The SMILES string of the molecule is Cc1ccc2c(n1)[nH]c1cc(NC(=O)OC(C)(C)C)ccc12. The Kier molecular flexibility index (Phi) is 3.28. The lowest BCUT2D eigenvalue weighted by molar-refractivity contribution is 0.0636. The van der Waals surface area contributed by atoms with E-state index in [0.717, 1.165) is 27.6 Å². The third-order valence-corrected chi connectivity index (χ3v) is 3.24. The number of aryl methyl sites for hydroxylation is 1. The number of anilines is 1. The number of carbonyl (C=O) groups excluding carboxylic acids is 1. The summed E-state index contributed by atoms with van der Waals surface area (Å²) in [6.07, 6.45) is -0.461. The smallest absolute Gasteiger partial charge is 0.412 e. The second-order valence-electron chi connectivity index (χ2n) is 6.36. The second kappa shape index (κ2) is 5.02. The number of fused-ring (bicyclic) bond motifs is 3. The van der Waals surface area contributed by atoms with Crippen LogP contribution in [0.3, 0.4) is 0 Å². The number of rotatable bonds is 1. The summed E-state index contributed by atoms with van der Waals surface area (Å²) in [5, 5.41) is 4.90. The van der Waals surface area contributed by atoms with E-state index in [9.17, 15) is 4.79 Å². The van der Waals surface area contributed by atoms with Crippen molar-refractivity contribution < 1.29 is 9.53 Å². The number of aromatic nitrogens is 2. The number of benzene rings is 1. The van der Waals surface area contributed by atoms with Gasteiger partial charge in [0, 0.05) is 27.7 Å². The molecular weight excluding hydrogens is 278 g/mol. The van der Waals surface area contributed by atoms with Gasteiger partial charge in [0.2, 0.25) is 0 Å². The summed E-state index contributed by atoms with van der Waals surface area (Å²) in [5.41, 5.74) is 2.92. The van der Waals surface area contributed by atoms with Crippen molar-refractivity contribution in [2.75, 3.05) is 5.32 Å². The molecule has 22 heavy (non-hydrogen) atoms. The topological polar surface area (TPSA) is 67.0 Å². The maximum Gasteiger partial charge on any atom is 0.412 e. The minimum absolute atomic E-state index is 0.461. The number of H-pyrrole nitrogens is 1. The van der Waals surface area contributed by atoms with Crippen molar-refractivity contribution in [1.29, 1.82) is 0 Å². The van der Waals surface area contributed by atoms with Gasteiger partial charge in [-0.1, -0.05) is 6.07 Å². The largest absolute Gasteiger partial charge is 0.444 e. The number of carbonyl (C=O) groups is 1. The molecule has 1 amide bonds. The molecule has 0 aliphatic rings. The number of nitrogens with one attached hydrogen (secondary N) is 2. The van der Waals surface area contributed by atoms with Crippen molar-refractivity contribution in [1.82, 2.24) is 9.97 Å². The van der Waals surface area contributed by atoms with Crippen LogP contribution in [0.4, 0.5) is 10.5 Å². The van der Waals surface area contributed by atoms with Gasteiger partial charge in [0.15, 0.2) is 0 Å². The summed E-state index contributed by atoms with van der Waals surface area (Å²) in [4.78, 5) is 19.6. The van der Waals surface area contributed by atoms with Crippen LogP contribution in [0.5, 0.6) is 0 Å². The Labute approximate surface area is 128 Å². The summed E-state index contributed by atoms with van der Waals surface area (Å²) in [5.74, 6) is 0. The molecule has 114 valence electrons. The molecular formula is C17H19N3O2. The van der Waals surface area contributed by atoms with E-state index in [-0.39, 0.29) is 0 Å². The number of ether oxygens (including phenoxy) is 1. The van der Waals surface area contributed by atoms with Crippen LogP contribution in [0.25, 0.3) is 21.9 Å². The van der Waals surface area contributed by atoms with Gasteiger partial charge in [-0.05, 0) is 52.0 Å². The van der Waals surface area contributed by atoms with Crippen molar-refractivity contribution >= 4 is 33.7 Å². The van der Waals surface area contributed by atoms with Gasteiger partial charge < -0.3 is 9.72 Å². The van der Waals surface area contributed by atoms with Crippen molar-refractivity contribution in [2.24, 2.45) is 0 Å². The molecule has 0 bridgehead atoms. The zero-order valence-corrected chi connectivity index (χ0v) is 13.2. The Balaban J connectivity index is 1.93. The average molecular weight is 297 g/mol. The molecule has 2 N–H and O–H groups in total. The molecule has 0 fully saturated rings. The Bertz CT molecular complexity index is 859. The van der Waals surface area contributed by atoms with Gasteiger partial charge in [-0.25, -0.2) is 9.78 Å². The summed E-state index contributed by atoms with van der Waals surface area (Å²) in [6, 6.07) is 9.76. The maximum atomic E-state index is 11.8. The third-order valence-electron chi connectivity index (χ3n) is 3.24. The van der Waals surface area contributed by atoms with Crippen LogP contribution < -0.4 is 5.32 Å². The highest BCUT2D eigenvalue weighted by Gasteiger charge is 2.16. The van der Waals surface area contributed by atoms with E-state index in [1.54, 1.807) is 0 Å². The number of nitrogens with zero attached hydrogens (tertiary/aromatic N) is 1. The second-order valence-corrected chi connectivity index (χ2v) is 6.36. The van der Waals surface area contributed by atoms with Crippen LogP contribution in [0, 0.1) is 6.92 Å². The molecule has 0 atom stereocenters. The zero-order valence-electron chi connectivity index (χ0n) is 13.2. The summed E-state index contributed by atoms with van der Waals surface area (Å²) >= 11 is 0.